The molecule has 1 aromatic rings. The molecule has 0 aliphatic carbocycles. The normalized spacial score (nSPS) is 20.9. The second kappa shape index (κ2) is 8.09. The molecule has 1 saturated heterocycles. The first-order valence-electron chi connectivity index (χ1n) is 8.22. The highest BCUT2D eigenvalue weighted by Crippen LogP contribution is 2.35. The van der Waals surface area contributed by atoms with Crippen LogP contribution in [0.3, 0.4) is 0 Å². The largest absolute Gasteiger partial charge is 0.385 e. The molecule has 1 fully saturated rings. The van der Waals surface area contributed by atoms with Crippen LogP contribution in [0.25, 0.3) is 0 Å². The zero-order valence-electron chi connectivity index (χ0n) is 14.5. The standard InChI is InChI=1S/C15H26N6O3/c1-10-7-11(2)9-20(8-10)14-12(21(22)23)13(16)18-15(19-14)17-5-4-6-24-3/h10-11H,4-9H2,1-3H3,(H3,16,17,18,19)/t10-,11+. The van der Waals surface area contributed by atoms with Gasteiger partial charge in [-0.1, -0.05) is 13.8 Å². The molecule has 134 valence electrons. The van der Waals surface area contributed by atoms with Crippen LogP contribution in [0.5, 0.6) is 0 Å². The molecular formula is C15H26N6O3. The van der Waals surface area contributed by atoms with Crippen LogP contribution in [0.4, 0.5) is 23.3 Å². The third-order valence-corrected chi connectivity index (χ3v) is 4.05. The van der Waals surface area contributed by atoms with Crippen LogP contribution in [-0.2, 0) is 4.74 Å². The van der Waals surface area contributed by atoms with Crippen LogP contribution < -0.4 is 16.0 Å². The number of ether oxygens (including phenoxy) is 1. The quantitative estimate of drug-likeness (QED) is 0.439. The number of nitrogens with one attached hydrogen (secondary N) is 1. The summed E-state index contributed by atoms with van der Waals surface area (Å²) < 4.78 is 4.99. The van der Waals surface area contributed by atoms with E-state index in [2.05, 4.69) is 29.1 Å². The van der Waals surface area contributed by atoms with Crippen LogP contribution in [0.15, 0.2) is 0 Å². The van der Waals surface area contributed by atoms with E-state index in [0.717, 1.165) is 25.9 Å². The lowest BCUT2D eigenvalue weighted by atomic mass is 9.92. The zero-order chi connectivity index (χ0) is 17.7. The fourth-order valence-electron chi connectivity index (χ4n) is 3.19. The van der Waals surface area contributed by atoms with Crippen molar-refractivity contribution in [3.05, 3.63) is 10.1 Å². The molecule has 0 amide bonds. The lowest BCUT2D eigenvalue weighted by molar-refractivity contribution is -0.383. The molecule has 2 heterocycles. The van der Waals surface area contributed by atoms with Crippen molar-refractivity contribution in [3.8, 4) is 0 Å². The molecule has 2 rings (SSSR count). The summed E-state index contributed by atoms with van der Waals surface area (Å²) in [5.41, 5.74) is 5.64. The van der Waals surface area contributed by atoms with E-state index in [-0.39, 0.29) is 11.5 Å². The van der Waals surface area contributed by atoms with E-state index in [1.165, 1.54) is 0 Å². The number of methoxy groups -OCH3 is 1. The van der Waals surface area contributed by atoms with Crippen LogP contribution in [-0.4, -0.2) is 48.2 Å². The number of nitro groups is 1. The highest BCUT2D eigenvalue weighted by molar-refractivity contribution is 5.71. The Kier molecular flexibility index (Phi) is 6.13. The summed E-state index contributed by atoms with van der Waals surface area (Å²) in [7, 11) is 1.64. The molecule has 2 atom stereocenters. The van der Waals surface area contributed by atoms with Gasteiger partial charge in [0.2, 0.25) is 17.6 Å². The van der Waals surface area contributed by atoms with E-state index in [4.69, 9.17) is 10.5 Å². The average Bonchev–Trinajstić information content (AvgIpc) is 2.49. The van der Waals surface area contributed by atoms with Gasteiger partial charge < -0.3 is 20.7 Å². The van der Waals surface area contributed by atoms with E-state index < -0.39 is 4.92 Å². The van der Waals surface area contributed by atoms with Gasteiger partial charge in [0.05, 0.1) is 4.92 Å². The number of hydrogen-bond acceptors (Lipinski definition) is 8. The highest BCUT2D eigenvalue weighted by Gasteiger charge is 2.31. The number of piperidine rings is 1. The van der Waals surface area contributed by atoms with Crippen molar-refractivity contribution in [1.82, 2.24) is 9.97 Å². The highest BCUT2D eigenvalue weighted by atomic mass is 16.6. The Balaban J connectivity index is 2.28. The number of rotatable bonds is 7. The van der Waals surface area contributed by atoms with E-state index in [9.17, 15) is 10.1 Å². The van der Waals surface area contributed by atoms with Crippen LogP contribution in [0.1, 0.15) is 26.7 Å². The van der Waals surface area contributed by atoms with Crippen LogP contribution in [0, 0.1) is 22.0 Å². The first-order chi connectivity index (χ1) is 11.4. The van der Waals surface area contributed by atoms with Crippen molar-refractivity contribution in [2.75, 3.05) is 49.3 Å². The molecule has 0 spiro atoms. The summed E-state index contributed by atoms with van der Waals surface area (Å²) in [6.45, 7) is 6.96. The molecule has 1 aromatic heterocycles. The SMILES string of the molecule is COCCCNc1nc(N)c([N+](=O)[O-])c(N2C[C@H](C)C[C@H](C)C2)n1. The van der Waals surface area contributed by atoms with Crippen LogP contribution >= 0.6 is 0 Å². The van der Waals surface area contributed by atoms with Gasteiger partial charge in [-0.3, -0.25) is 10.1 Å². The third-order valence-electron chi connectivity index (χ3n) is 4.05. The first-order valence-corrected chi connectivity index (χ1v) is 8.22. The molecule has 0 unspecified atom stereocenters. The fraction of sp³-hybridized carbons (Fsp3) is 0.733. The summed E-state index contributed by atoms with van der Waals surface area (Å²) in [4.78, 5) is 21.3. The van der Waals surface area contributed by atoms with Crippen LogP contribution in [0.2, 0.25) is 0 Å². The summed E-state index contributed by atoms with van der Waals surface area (Å²) in [5, 5.41) is 14.5. The number of hydrogen-bond donors (Lipinski definition) is 2. The number of aromatic nitrogens is 2. The van der Waals surface area contributed by atoms with Crippen molar-refractivity contribution < 1.29 is 9.66 Å². The van der Waals surface area contributed by atoms with Crippen molar-refractivity contribution in [2.45, 2.75) is 26.7 Å². The Labute approximate surface area is 141 Å². The van der Waals surface area contributed by atoms with Gasteiger partial charge in [-0.2, -0.15) is 9.97 Å². The van der Waals surface area contributed by atoms with Gasteiger partial charge >= 0.3 is 5.69 Å². The molecule has 9 heteroatoms. The maximum atomic E-state index is 11.4. The van der Waals surface area contributed by atoms with E-state index in [1.54, 1.807) is 7.11 Å². The zero-order valence-corrected chi connectivity index (χ0v) is 14.5. The molecular weight excluding hydrogens is 312 g/mol. The van der Waals surface area contributed by atoms with Crippen molar-refractivity contribution >= 4 is 23.3 Å². The minimum absolute atomic E-state index is 0.106. The van der Waals surface area contributed by atoms with E-state index in [1.807, 2.05) is 4.90 Å². The topological polar surface area (TPSA) is 119 Å². The lowest BCUT2D eigenvalue weighted by Gasteiger charge is -2.35. The van der Waals surface area contributed by atoms with E-state index >= 15 is 0 Å². The third kappa shape index (κ3) is 4.44. The molecule has 0 radical (unpaired) electrons. The molecule has 24 heavy (non-hydrogen) atoms. The summed E-state index contributed by atoms with van der Waals surface area (Å²) >= 11 is 0. The molecule has 3 N–H and O–H groups in total. The predicted octanol–water partition coefficient (Wildman–Crippen LogP) is 1.90. The molecule has 0 bridgehead atoms. The lowest BCUT2D eigenvalue weighted by Crippen LogP contribution is -2.39. The maximum Gasteiger partial charge on any atom is 0.353 e. The monoisotopic (exact) mass is 338 g/mol. The molecule has 0 aromatic carbocycles. The minimum Gasteiger partial charge on any atom is -0.385 e. The van der Waals surface area contributed by atoms with Crippen molar-refractivity contribution in [2.24, 2.45) is 11.8 Å². The maximum absolute atomic E-state index is 11.4. The first kappa shape index (κ1) is 18.2. The Morgan fingerprint density at radius 2 is 2.04 bits per heavy atom. The minimum atomic E-state index is -0.497. The van der Waals surface area contributed by atoms with Gasteiger partial charge in [-0.15, -0.1) is 0 Å². The molecule has 1 aliphatic heterocycles. The predicted molar refractivity (Wildman–Crippen MR) is 93.2 cm³/mol. The van der Waals surface area contributed by atoms with Gasteiger partial charge in [0.1, 0.15) is 0 Å². The van der Waals surface area contributed by atoms with Gasteiger partial charge in [0, 0.05) is 33.4 Å². The number of nitrogens with zero attached hydrogens (tertiary/aromatic N) is 4. The van der Waals surface area contributed by atoms with Gasteiger partial charge in [-0.05, 0) is 24.7 Å². The van der Waals surface area contributed by atoms with E-state index in [0.29, 0.717) is 36.8 Å². The Hall–Kier alpha value is -2.16. The average molecular weight is 338 g/mol. The summed E-state index contributed by atoms with van der Waals surface area (Å²) in [6, 6.07) is 0. The molecule has 1 aliphatic rings. The second-order valence-electron chi connectivity index (χ2n) is 6.49. The summed E-state index contributed by atoms with van der Waals surface area (Å²) in [6.07, 6.45) is 1.89. The second-order valence-corrected chi connectivity index (χ2v) is 6.49. The van der Waals surface area contributed by atoms with Gasteiger partial charge in [0.25, 0.3) is 0 Å². The number of nitrogen functional groups attached to an aromatic ring is 1. The molecule has 0 saturated carbocycles. The van der Waals surface area contributed by atoms with Crippen molar-refractivity contribution in [3.63, 3.8) is 0 Å². The smallest absolute Gasteiger partial charge is 0.353 e. The fourth-order valence-corrected chi connectivity index (χ4v) is 3.19. The number of nitrogens with two attached hydrogens (primary N) is 1. The summed E-state index contributed by atoms with van der Waals surface area (Å²) in [5.74, 6) is 1.41. The Bertz CT molecular complexity index is 573. The van der Waals surface area contributed by atoms with Gasteiger partial charge in [-0.25, -0.2) is 0 Å². The molecule has 9 nitrogen and oxygen atoms in total. The number of anilines is 3. The van der Waals surface area contributed by atoms with Crippen molar-refractivity contribution in [1.29, 1.82) is 0 Å². The Morgan fingerprint density at radius 3 is 2.62 bits per heavy atom. The Morgan fingerprint density at radius 1 is 1.38 bits per heavy atom. The van der Waals surface area contributed by atoms with Gasteiger partial charge in [0.15, 0.2) is 0 Å².